The maximum Gasteiger partial charge on any atom is 0.249 e. The van der Waals surface area contributed by atoms with Crippen molar-refractivity contribution >= 4 is 17.5 Å². The van der Waals surface area contributed by atoms with Crippen LogP contribution >= 0.6 is 0 Å². The second-order valence-corrected chi connectivity index (χ2v) is 5.27. The Balaban J connectivity index is 1.72. The number of nitrogens with zero attached hydrogens (tertiary/aromatic N) is 4. The number of anilines is 3. The Morgan fingerprint density at radius 2 is 1.74 bits per heavy atom. The van der Waals surface area contributed by atoms with Gasteiger partial charge in [0, 0.05) is 24.6 Å². The van der Waals surface area contributed by atoms with Gasteiger partial charge >= 0.3 is 0 Å². The van der Waals surface area contributed by atoms with E-state index in [0.29, 0.717) is 18.3 Å². The number of nitrogens with one attached hydrogen (secondary N) is 2. The molecule has 23 heavy (non-hydrogen) atoms. The lowest BCUT2D eigenvalue weighted by molar-refractivity contribution is 0.964. The van der Waals surface area contributed by atoms with Gasteiger partial charge in [0.05, 0.1) is 6.20 Å². The van der Waals surface area contributed by atoms with E-state index in [9.17, 15) is 0 Å². The third-order valence-electron chi connectivity index (χ3n) is 3.50. The van der Waals surface area contributed by atoms with Crippen molar-refractivity contribution in [2.75, 3.05) is 10.6 Å². The van der Waals surface area contributed by atoms with E-state index in [1.165, 1.54) is 0 Å². The standard InChI is InChI=1S/C17H18N6/c1-12-4-3-5-13(2)16(12)22-17-21-15(11-20-23-17)19-10-14-6-8-18-9-7-14/h3-9,11H,10H2,1-2H3,(H2,19,21,22,23). The molecule has 0 unspecified atom stereocenters. The van der Waals surface area contributed by atoms with Crippen LogP contribution in [0.25, 0.3) is 0 Å². The quantitative estimate of drug-likeness (QED) is 0.753. The van der Waals surface area contributed by atoms with Crippen molar-refractivity contribution in [2.45, 2.75) is 20.4 Å². The molecular weight excluding hydrogens is 288 g/mol. The van der Waals surface area contributed by atoms with Gasteiger partial charge in [0.1, 0.15) is 0 Å². The summed E-state index contributed by atoms with van der Waals surface area (Å²) in [6.45, 7) is 4.76. The minimum atomic E-state index is 0.474. The van der Waals surface area contributed by atoms with Crippen molar-refractivity contribution < 1.29 is 0 Å². The van der Waals surface area contributed by atoms with Crippen molar-refractivity contribution in [1.29, 1.82) is 0 Å². The molecule has 3 aromatic rings. The zero-order chi connectivity index (χ0) is 16.1. The molecule has 116 valence electrons. The second kappa shape index (κ2) is 6.83. The highest BCUT2D eigenvalue weighted by Crippen LogP contribution is 2.22. The molecule has 2 N–H and O–H groups in total. The summed E-state index contributed by atoms with van der Waals surface area (Å²) in [6.07, 6.45) is 5.14. The lowest BCUT2D eigenvalue weighted by atomic mass is 10.1. The van der Waals surface area contributed by atoms with Crippen LogP contribution in [0.4, 0.5) is 17.5 Å². The van der Waals surface area contributed by atoms with Gasteiger partial charge in [-0.3, -0.25) is 4.98 Å². The number of aryl methyl sites for hydroxylation is 2. The Morgan fingerprint density at radius 1 is 1.00 bits per heavy atom. The zero-order valence-corrected chi connectivity index (χ0v) is 13.1. The van der Waals surface area contributed by atoms with Gasteiger partial charge in [-0.05, 0) is 42.7 Å². The van der Waals surface area contributed by atoms with Crippen LogP contribution in [0.2, 0.25) is 0 Å². The summed E-state index contributed by atoms with van der Waals surface area (Å²) >= 11 is 0. The molecule has 2 aromatic heterocycles. The highest BCUT2D eigenvalue weighted by molar-refractivity contribution is 5.63. The van der Waals surface area contributed by atoms with E-state index in [0.717, 1.165) is 22.4 Å². The van der Waals surface area contributed by atoms with Crippen molar-refractivity contribution in [2.24, 2.45) is 0 Å². The molecule has 3 rings (SSSR count). The van der Waals surface area contributed by atoms with Gasteiger partial charge < -0.3 is 10.6 Å². The minimum absolute atomic E-state index is 0.474. The highest BCUT2D eigenvalue weighted by atomic mass is 15.3. The predicted octanol–water partition coefficient (Wildman–Crippen LogP) is 3.24. The predicted molar refractivity (Wildman–Crippen MR) is 90.6 cm³/mol. The molecule has 0 aliphatic carbocycles. The Labute approximate surface area is 135 Å². The molecule has 0 bridgehead atoms. The first-order chi connectivity index (χ1) is 11.2. The maximum atomic E-state index is 4.45. The third-order valence-corrected chi connectivity index (χ3v) is 3.50. The summed E-state index contributed by atoms with van der Waals surface area (Å²) in [7, 11) is 0. The number of hydrogen-bond donors (Lipinski definition) is 2. The van der Waals surface area contributed by atoms with E-state index in [1.54, 1.807) is 18.6 Å². The molecule has 0 radical (unpaired) electrons. The lowest BCUT2D eigenvalue weighted by Gasteiger charge is -2.11. The fraction of sp³-hybridized carbons (Fsp3) is 0.176. The molecule has 2 heterocycles. The summed E-state index contributed by atoms with van der Waals surface area (Å²) in [5.74, 6) is 1.15. The fourth-order valence-electron chi connectivity index (χ4n) is 2.26. The topological polar surface area (TPSA) is 75.6 Å². The number of para-hydroxylation sites is 1. The monoisotopic (exact) mass is 306 g/mol. The van der Waals surface area contributed by atoms with Gasteiger partial charge in [0.2, 0.25) is 5.95 Å². The first-order valence-electron chi connectivity index (χ1n) is 7.38. The van der Waals surface area contributed by atoms with Gasteiger partial charge in [0.15, 0.2) is 5.82 Å². The van der Waals surface area contributed by atoms with Crippen LogP contribution in [-0.2, 0) is 6.54 Å². The van der Waals surface area contributed by atoms with E-state index >= 15 is 0 Å². The van der Waals surface area contributed by atoms with E-state index < -0.39 is 0 Å². The van der Waals surface area contributed by atoms with Gasteiger partial charge in [0.25, 0.3) is 0 Å². The molecule has 0 atom stereocenters. The van der Waals surface area contributed by atoms with E-state index in [1.807, 2.05) is 44.2 Å². The van der Waals surface area contributed by atoms with Crippen LogP contribution < -0.4 is 10.6 Å². The largest absolute Gasteiger partial charge is 0.365 e. The van der Waals surface area contributed by atoms with Crippen LogP contribution in [-0.4, -0.2) is 20.2 Å². The Morgan fingerprint density at radius 3 is 2.48 bits per heavy atom. The van der Waals surface area contributed by atoms with Crippen LogP contribution in [0.3, 0.4) is 0 Å². The Hall–Kier alpha value is -3.02. The number of aromatic nitrogens is 4. The highest BCUT2D eigenvalue weighted by Gasteiger charge is 2.06. The van der Waals surface area contributed by atoms with Crippen molar-refractivity contribution in [3.05, 3.63) is 65.6 Å². The molecule has 0 spiro atoms. The fourth-order valence-corrected chi connectivity index (χ4v) is 2.26. The molecule has 0 saturated heterocycles. The SMILES string of the molecule is Cc1cccc(C)c1Nc1nncc(NCc2ccncc2)n1. The number of benzene rings is 1. The number of pyridine rings is 1. The van der Waals surface area contributed by atoms with Crippen molar-refractivity contribution in [3.8, 4) is 0 Å². The average Bonchev–Trinajstić information content (AvgIpc) is 2.58. The van der Waals surface area contributed by atoms with Crippen LogP contribution in [0.1, 0.15) is 16.7 Å². The molecule has 1 aromatic carbocycles. The number of hydrogen-bond acceptors (Lipinski definition) is 6. The smallest absolute Gasteiger partial charge is 0.249 e. The van der Waals surface area contributed by atoms with E-state index in [-0.39, 0.29) is 0 Å². The lowest BCUT2D eigenvalue weighted by Crippen LogP contribution is -2.06. The first kappa shape index (κ1) is 14.9. The second-order valence-electron chi connectivity index (χ2n) is 5.27. The van der Waals surface area contributed by atoms with E-state index in [4.69, 9.17) is 0 Å². The average molecular weight is 306 g/mol. The minimum Gasteiger partial charge on any atom is -0.365 e. The third kappa shape index (κ3) is 3.79. The van der Waals surface area contributed by atoms with Crippen LogP contribution in [0, 0.1) is 13.8 Å². The molecule has 6 nitrogen and oxygen atoms in total. The normalized spacial score (nSPS) is 10.3. The maximum absolute atomic E-state index is 4.45. The summed E-state index contributed by atoms with van der Waals surface area (Å²) in [5, 5.41) is 14.5. The summed E-state index contributed by atoms with van der Waals surface area (Å²) in [6, 6.07) is 10.0. The summed E-state index contributed by atoms with van der Waals surface area (Å²) in [4.78, 5) is 8.46. The molecule has 6 heteroatoms. The summed E-state index contributed by atoms with van der Waals surface area (Å²) < 4.78 is 0. The first-order valence-corrected chi connectivity index (χ1v) is 7.38. The Bertz CT molecular complexity index is 768. The van der Waals surface area contributed by atoms with E-state index in [2.05, 4.69) is 30.8 Å². The van der Waals surface area contributed by atoms with Gasteiger partial charge in [-0.2, -0.15) is 10.1 Å². The van der Waals surface area contributed by atoms with Gasteiger partial charge in [-0.15, -0.1) is 5.10 Å². The molecule has 0 amide bonds. The molecule has 0 saturated carbocycles. The van der Waals surface area contributed by atoms with Crippen LogP contribution in [0.15, 0.2) is 48.9 Å². The van der Waals surface area contributed by atoms with Gasteiger partial charge in [-0.1, -0.05) is 18.2 Å². The molecule has 0 aliphatic rings. The molecule has 0 fully saturated rings. The molecule has 0 aliphatic heterocycles. The van der Waals surface area contributed by atoms with Crippen molar-refractivity contribution in [1.82, 2.24) is 20.2 Å². The van der Waals surface area contributed by atoms with Gasteiger partial charge in [-0.25, -0.2) is 0 Å². The van der Waals surface area contributed by atoms with Crippen LogP contribution in [0.5, 0.6) is 0 Å². The Kier molecular flexibility index (Phi) is 4.42. The number of rotatable bonds is 5. The van der Waals surface area contributed by atoms with Crippen molar-refractivity contribution in [3.63, 3.8) is 0 Å². The summed E-state index contributed by atoms with van der Waals surface area (Å²) in [5.41, 5.74) is 4.43. The molecular formula is C17H18N6. The zero-order valence-electron chi connectivity index (χ0n) is 13.1.